The number of thioether (sulfide) groups is 1. The van der Waals surface area contributed by atoms with Crippen molar-refractivity contribution >= 4 is 17.4 Å². The summed E-state index contributed by atoms with van der Waals surface area (Å²) in [4.78, 5) is 11.0. The molecule has 0 radical (unpaired) electrons. The van der Waals surface area contributed by atoms with Gasteiger partial charge in [-0.1, -0.05) is 13.8 Å². The Kier molecular flexibility index (Phi) is 3.69. The van der Waals surface area contributed by atoms with Gasteiger partial charge in [0.15, 0.2) is 0 Å². The number of nitro groups is 1. The van der Waals surface area contributed by atoms with Crippen LogP contribution in [0, 0.1) is 21.4 Å². The van der Waals surface area contributed by atoms with Gasteiger partial charge in [0.05, 0.1) is 4.92 Å². The number of hydrogen-bond donors (Lipinski definition) is 0. The Balaban J connectivity index is 3.12. The van der Waals surface area contributed by atoms with E-state index < -0.39 is 4.92 Å². The second-order valence-corrected chi connectivity index (χ2v) is 4.86. The molecule has 0 aliphatic carbocycles. The Bertz CT molecular complexity index is 424. The molecule has 0 N–H and O–H groups in total. The largest absolute Gasteiger partial charge is 0.288 e. The van der Waals surface area contributed by atoms with Crippen molar-refractivity contribution < 1.29 is 4.92 Å². The second-order valence-electron chi connectivity index (χ2n) is 3.21. The molecule has 0 aromatic heterocycles. The van der Waals surface area contributed by atoms with E-state index in [1.165, 1.54) is 23.9 Å². The molecule has 0 atom stereocenters. The van der Waals surface area contributed by atoms with Crippen molar-refractivity contribution in [2.75, 3.05) is 0 Å². The van der Waals surface area contributed by atoms with Crippen molar-refractivity contribution in [3.63, 3.8) is 0 Å². The molecule has 0 fully saturated rings. The van der Waals surface area contributed by atoms with Crippen LogP contribution in [-0.2, 0) is 0 Å². The SMILES string of the molecule is CC(C)Sc1ccc(C#N)c([N+](=O)[O-])c1. The predicted molar refractivity (Wildman–Crippen MR) is 58.8 cm³/mol. The fourth-order valence-electron chi connectivity index (χ4n) is 1.10. The lowest BCUT2D eigenvalue weighted by Crippen LogP contribution is -1.93. The van der Waals surface area contributed by atoms with Crippen molar-refractivity contribution in [2.24, 2.45) is 0 Å². The van der Waals surface area contributed by atoms with Crippen LogP contribution in [0.4, 0.5) is 5.69 Å². The molecule has 15 heavy (non-hydrogen) atoms. The molecule has 0 aliphatic heterocycles. The van der Waals surface area contributed by atoms with E-state index in [0.717, 1.165) is 4.90 Å². The molecule has 0 unspecified atom stereocenters. The molecular formula is C10H10N2O2S. The first-order valence-electron chi connectivity index (χ1n) is 4.39. The monoisotopic (exact) mass is 222 g/mol. The van der Waals surface area contributed by atoms with E-state index in [-0.39, 0.29) is 11.3 Å². The highest BCUT2D eigenvalue weighted by molar-refractivity contribution is 7.99. The topological polar surface area (TPSA) is 66.9 Å². The normalized spacial score (nSPS) is 10.0. The second kappa shape index (κ2) is 4.80. The minimum atomic E-state index is -0.525. The highest BCUT2D eigenvalue weighted by Crippen LogP contribution is 2.28. The van der Waals surface area contributed by atoms with Gasteiger partial charge in [0.25, 0.3) is 5.69 Å². The number of benzene rings is 1. The lowest BCUT2D eigenvalue weighted by molar-refractivity contribution is -0.385. The van der Waals surface area contributed by atoms with Crippen LogP contribution in [0.25, 0.3) is 0 Å². The highest BCUT2D eigenvalue weighted by Gasteiger charge is 2.14. The molecule has 4 nitrogen and oxygen atoms in total. The summed E-state index contributed by atoms with van der Waals surface area (Å²) in [5.41, 5.74) is -0.0174. The van der Waals surface area contributed by atoms with Gasteiger partial charge in [-0.3, -0.25) is 10.1 Å². The molecule has 0 saturated carbocycles. The van der Waals surface area contributed by atoms with E-state index in [1.54, 1.807) is 12.1 Å². The van der Waals surface area contributed by atoms with E-state index in [4.69, 9.17) is 5.26 Å². The van der Waals surface area contributed by atoms with Gasteiger partial charge in [-0.2, -0.15) is 5.26 Å². The molecule has 0 aliphatic rings. The molecular weight excluding hydrogens is 212 g/mol. The summed E-state index contributed by atoms with van der Waals surface area (Å²) in [5.74, 6) is 0. The number of nitrogens with zero attached hydrogens (tertiary/aromatic N) is 2. The Morgan fingerprint density at radius 3 is 2.67 bits per heavy atom. The summed E-state index contributed by atoms with van der Waals surface area (Å²) in [7, 11) is 0. The van der Waals surface area contributed by atoms with Gasteiger partial charge in [0.1, 0.15) is 11.6 Å². The Morgan fingerprint density at radius 2 is 2.20 bits per heavy atom. The Morgan fingerprint density at radius 1 is 1.53 bits per heavy atom. The van der Waals surface area contributed by atoms with Crippen LogP contribution in [0.5, 0.6) is 0 Å². The van der Waals surface area contributed by atoms with Gasteiger partial charge in [0.2, 0.25) is 0 Å². The fraction of sp³-hybridized carbons (Fsp3) is 0.300. The average molecular weight is 222 g/mol. The third-order valence-electron chi connectivity index (χ3n) is 1.66. The maximum Gasteiger partial charge on any atom is 0.288 e. The smallest absolute Gasteiger partial charge is 0.258 e. The molecule has 0 amide bonds. The first-order valence-corrected chi connectivity index (χ1v) is 5.27. The first-order chi connectivity index (χ1) is 7.04. The minimum Gasteiger partial charge on any atom is -0.258 e. The predicted octanol–water partition coefficient (Wildman–Crippen LogP) is 2.97. The molecule has 0 saturated heterocycles. The highest BCUT2D eigenvalue weighted by atomic mass is 32.2. The molecule has 1 rings (SSSR count). The molecule has 1 aromatic rings. The van der Waals surface area contributed by atoms with Crippen LogP contribution in [0.15, 0.2) is 23.1 Å². The molecule has 0 spiro atoms. The van der Waals surface area contributed by atoms with Crippen molar-refractivity contribution in [3.05, 3.63) is 33.9 Å². The van der Waals surface area contributed by atoms with E-state index >= 15 is 0 Å². The third kappa shape index (κ3) is 2.96. The van der Waals surface area contributed by atoms with E-state index in [9.17, 15) is 10.1 Å². The quantitative estimate of drug-likeness (QED) is 0.448. The van der Waals surface area contributed by atoms with E-state index in [2.05, 4.69) is 0 Å². The van der Waals surface area contributed by atoms with Crippen LogP contribution in [0.1, 0.15) is 19.4 Å². The third-order valence-corrected chi connectivity index (χ3v) is 2.66. The van der Waals surface area contributed by atoms with Gasteiger partial charge in [-0.15, -0.1) is 11.8 Å². The summed E-state index contributed by atoms with van der Waals surface area (Å²) in [6.07, 6.45) is 0. The molecule has 78 valence electrons. The number of nitro benzene ring substituents is 1. The van der Waals surface area contributed by atoms with Crippen molar-refractivity contribution in [1.82, 2.24) is 0 Å². The van der Waals surface area contributed by atoms with Crippen LogP contribution in [-0.4, -0.2) is 10.2 Å². The maximum absolute atomic E-state index is 10.7. The van der Waals surface area contributed by atoms with Crippen molar-refractivity contribution in [3.8, 4) is 6.07 Å². The minimum absolute atomic E-state index is 0.105. The summed E-state index contributed by atoms with van der Waals surface area (Å²) >= 11 is 1.54. The van der Waals surface area contributed by atoms with Gasteiger partial charge < -0.3 is 0 Å². The van der Waals surface area contributed by atoms with Gasteiger partial charge in [-0.05, 0) is 12.1 Å². The lowest BCUT2D eigenvalue weighted by atomic mass is 10.2. The van der Waals surface area contributed by atoms with E-state index in [0.29, 0.717) is 5.25 Å². The standard InChI is InChI=1S/C10H10N2O2S/c1-7(2)15-9-4-3-8(6-11)10(5-9)12(13)14/h3-5,7H,1-2H3. The van der Waals surface area contributed by atoms with Crippen LogP contribution >= 0.6 is 11.8 Å². The van der Waals surface area contributed by atoms with Crippen LogP contribution in [0.2, 0.25) is 0 Å². The molecule has 0 heterocycles. The molecule has 1 aromatic carbocycles. The summed E-state index contributed by atoms with van der Waals surface area (Å²) in [6.45, 7) is 4.02. The lowest BCUT2D eigenvalue weighted by Gasteiger charge is -2.04. The molecule has 0 bridgehead atoms. The number of hydrogen-bond acceptors (Lipinski definition) is 4. The Labute approximate surface area is 92.1 Å². The van der Waals surface area contributed by atoms with Crippen molar-refractivity contribution in [1.29, 1.82) is 5.26 Å². The summed E-state index contributed by atoms with van der Waals surface area (Å²) in [5, 5.41) is 19.7. The zero-order valence-electron chi connectivity index (χ0n) is 8.43. The Hall–Kier alpha value is -1.54. The van der Waals surface area contributed by atoms with Crippen LogP contribution < -0.4 is 0 Å². The fourth-order valence-corrected chi connectivity index (χ4v) is 1.97. The zero-order chi connectivity index (χ0) is 11.4. The van der Waals surface area contributed by atoms with E-state index in [1.807, 2.05) is 13.8 Å². The number of rotatable bonds is 3. The average Bonchev–Trinajstić information content (AvgIpc) is 2.16. The zero-order valence-corrected chi connectivity index (χ0v) is 9.25. The van der Waals surface area contributed by atoms with Gasteiger partial charge >= 0.3 is 0 Å². The molecule has 5 heteroatoms. The van der Waals surface area contributed by atoms with Crippen molar-refractivity contribution in [2.45, 2.75) is 24.0 Å². The van der Waals surface area contributed by atoms with Crippen LogP contribution in [0.3, 0.4) is 0 Å². The van der Waals surface area contributed by atoms with Gasteiger partial charge in [0, 0.05) is 16.2 Å². The first kappa shape index (κ1) is 11.5. The van der Waals surface area contributed by atoms with Gasteiger partial charge in [-0.25, -0.2) is 0 Å². The maximum atomic E-state index is 10.7. The summed E-state index contributed by atoms with van der Waals surface area (Å²) in [6, 6.07) is 6.48. The number of nitriles is 1. The summed E-state index contributed by atoms with van der Waals surface area (Å²) < 4.78 is 0.